The van der Waals surface area contributed by atoms with Gasteiger partial charge in [-0.25, -0.2) is 0 Å². The zero-order valence-corrected chi connectivity index (χ0v) is 32.4. The molecule has 0 aromatic rings. The minimum absolute atomic E-state index is 0.00211. The molecule has 272 valence electrons. The average Bonchev–Trinajstić information content (AvgIpc) is 3.26. The third kappa shape index (κ3) is 5.54. The number of aliphatic hydroxyl groups excluding tert-OH is 1. The van der Waals surface area contributed by atoms with Crippen LogP contribution < -0.4 is 5.73 Å². The van der Waals surface area contributed by atoms with Crippen molar-refractivity contribution in [2.75, 3.05) is 6.54 Å². The molecule has 0 aliphatic heterocycles. The van der Waals surface area contributed by atoms with Gasteiger partial charge in [0.15, 0.2) is 5.78 Å². The van der Waals surface area contributed by atoms with Crippen LogP contribution in [0.25, 0.3) is 0 Å². The number of carbonyl (C=O) groups is 3. The normalized spacial score (nSPS) is 40.0. The van der Waals surface area contributed by atoms with Gasteiger partial charge in [-0.3, -0.25) is 14.4 Å². The summed E-state index contributed by atoms with van der Waals surface area (Å²) in [5.41, 5.74) is 4.43. The number of Topliss-reactive ketones (excluding diaryl/α,β-unsaturated/α-hetero) is 1. The molecule has 9 atom stereocenters. The second kappa shape index (κ2) is 11.9. The molecule has 7 heteroatoms. The Kier molecular flexibility index (Phi) is 9.32. The number of rotatable bonds is 7. The summed E-state index contributed by atoms with van der Waals surface area (Å²) < 4.78 is 11.9. The average molecular weight is 671 g/mol. The lowest BCUT2D eigenvalue weighted by Gasteiger charge is -2.72. The molecule has 0 spiro atoms. The van der Waals surface area contributed by atoms with Crippen LogP contribution in [-0.4, -0.2) is 47.2 Å². The van der Waals surface area contributed by atoms with Crippen LogP contribution in [0.15, 0.2) is 11.1 Å². The first-order chi connectivity index (χ1) is 21.9. The number of quaternary nitrogens is 1. The van der Waals surface area contributed by atoms with Crippen molar-refractivity contribution in [3.05, 3.63) is 11.1 Å². The Balaban J connectivity index is 1.40. The lowest BCUT2D eigenvalue weighted by molar-refractivity contribution is -0.391. The van der Waals surface area contributed by atoms with E-state index in [0.717, 1.165) is 56.9 Å². The molecular formula is C41H68NO6+. The summed E-state index contributed by atoms with van der Waals surface area (Å²) in [6, 6.07) is 0. The summed E-state index contributed by atoms with van der Waals surface area (Å²) in [7, 11) is 0. The van der Waals surface area contributed by atoms with E-state index in [0.29, 0.717) is 30.7 Å². The van der Waals surface area contributed by atoms with E-state index >= 15 is 0 Å². The Morgan fingerprint density at radius 2 is 1.54 bits per heavy atom. The molecule has 9 unspecified atom stereocenters. The van der Waals surface area contributed by atoms with E-state index in [2.05, 4.69) is 54.2 Å². The number of ether oxygens (including phenoxy) is 2. The van der Waals surface area contributed by atoms with Gasteiger partial charge in [0.1, 0.15) is 24.4 Å². The number of fused-ring (bicyclic) bond motifs is 7. The fourth-order valence-corrected chi connectivity index (χ4v) is 12.6. The highest BCUT2D eigenvalue weighted by Crippen LogP contribution is 2.77. The van der Waals surface area contributed by atoms with E-state index in [9.17, 15) is 19.5 Å². The molecule has 0 radical (unpaired) electrons. The number of hydrogen-bond donors (Lipinski definition) is 2. The first kappa shape index (κ1) is 37.5. The van der Waals surface area contributed by atoms with Crippen molar-refractivity contribution in [1.82, 2.24) is 0 Å². The molecule has 0 heterocycles. The van der Waals surface area contributed by atoms with Gasteiger partial charge in [-0.15, -0.1) is 0 Å². The third-order valence-corrected chi connectivity index (χ3v) is 15.1. The summed E-state index contributed by atoms with van der Waals surface area (Å²) in [6.07, 6.45) is 7.76. The van der Waals surface area contributed by atoms with E-state index < -0.39 is 22.5 Å². The van der Waals surface area contributed by atoms with Gasteiger partial charge < -0.3 is 20.3 Å². The SMILES string of the molecule is CC(C)C1=C2C3CCC4C5(C)CCC(OC(=O)CC(C)(C)C(=O)OC(C)(C)C)C(C)(C)C5CCC4(C)C3(C)CCC2(C(O)C[NH3+])CC1=O. The molecule has 48 heavy (non-hydrogen) atoms. The maximum absolute atomic E-state index is 13.7. The summed E-state index contributed by atoms with van der Waals surface area (Å²) in [4.78, 5) is 40.0. The number of allylic oxidation sites excluding steroid dienone is 1. The van der Waals surface area contributed by atoms with Crippen LogP contribution in [0, 0.1) is 56.2 Å². The molecular weight excluding hydrogens is 602 g/mol. The van der Waals surface area contributed by atoms with Crippen molar-refractivity contribution in [2.24, 2.45) is 56.2 Å². The predicted octanol–water partition coefficient (Wildman–Crippen LogP) is 7.24. The van der Waals surface area contributed by atoms with Crippen LogP contribution in [0.3, 0.4) is 0 Å². The monoisotopic (exact) mass is 671 g/mol. The lowest BCUT2D eigenvalue weighted by Crippen LogP contribution is -2.67. The minimum Gasteiger partial charge on any atom is -0.462 e. The van der Waals surface area contributed by atoms with Crippen molar-refractivity contribution in [1.29, 1.82) is 0 Å². The Labute approximate surface area is 290 Å². The van der Waals surface area contributed by atoms with Gasteiger partial charge in [0.05, 0.1) is 11.8 Å². The molecule has 0 aromatic carbocycles. The van der Waals surface area contributed by atoms with E-state index in [-0.39, 0.29) is 57.8 Å². The molecule has 4 saturated carbocycles. The largest absolute Gasteiger partial charge is 0.462 e. The fraction of sp³-hybridized carbons (Fsp3) is 0.878. The maximum Gasteiger partial charge on any atom is 0.312 e. The van der Waals surface area contributed by atoms with Crippen LogP contribution in [-0.2, 0) is 23.9 Å². The van der Waals surface area contributed by atoms with Crippen LogP contribution in [0.1, 0.15) is 147 Å². The second-order valence-corrected chi connectivity index (χ2v) is 20.1. The smallest absolute Gasteiger partial charge is 0.312 e. The Morgan fingerprint density at radius 1 is 0.896 bits per heavy atom. The van der Waals surface area contributed by atoms with Gasteiger partial charge in [0.25, 0.3) is 0 Å². The molecule has 4 fully saturated rings. The van der Waals surface area contributed by atoms with Gasteiger partial charge in [-0.2, -0.15) is 0 Å². The highest BCUT2D eigenvalue weighted by atomic mass is 16.6. The molecule has 0 amide bonds. The van der Waals surface area contributed by atoms with E-state index in [1.165, 1.54) is 5.57 Å². The molecule has 5 rings (SSSR count). The molecule has 0 saturated heterocycles. The van der Waals surface area contributed by atoms with Gasteiger partial charge >= 0.3 is 11.9 Å². The second-order valence-electron chi connectivity index (χ2n) is 20.1. The fourth-order valence-electron chi connectivity index (χ4n) is 12.6. The first-order valence-electron chi connectivity index (χ1n) is 19.1. The molecule has 0 bridgehead atoms. The van der Waals surface area contributed by atoms with E-state index in [1.807, 2.05) is 20.8 Å². The number of aliphatic hydroxyl groups is 1. The quantitative estimate of drug-likeness (QED) is 0.276. The Morgan fingerprint density at radius 3 is 2.12 bits per heavy atom. The molecule has 4 N–H and O–H groups in total. The van der Waals surface area contributed by atoms with Gasteiger partial charge in [0, 0.05) is 17.3 Å². The first-order valence-corrected chi connectivity index (χ1v) is 19.1. The number of esters is 2. The Bertz CT molecular complexity index is 1350. The van der Waals surface area contributed by atoms with Crippen LogP contribution in [0.5, 0.6) is 0 Å². The van der Waals surface area contributed by atoms with E-state index in [4.69, 9.17) is 9.47 Å². The zero-order chi connectivity index (χ0) is 36.0. The van der Waals surface area contributed by atoms with Crippen molar-refractivity contribution in [3.8, 4) is 0 Å². The van der Waals surface area contributed by atoms with Gasteiger partial charge in [-0.1, -0.05) is 54.0 Å². The summed E-state index contributed by atoms with van der Waals surface area (Å²) >= 11 is 0. The van der Waals surface area contributed by atoms with Gasteiger partial charge in [-0.05, 0) is 131 Å². The predicted molar refractivity (Wildman–Crippen MR) is 187 cm³/mol. The summed E-state index contributed by atoms with van der Waals surface area (Å²) in [5, 5.41) is 11.5. The third-order valence-electron chi connectivity index (χ3n) is 15.1. The van der Waals surface area contributed by atoms with Crippen molar-refractivity contribution in [2.45, 2.75) is 165 Å². The molecule has 0 aromatic heterocycles. The zero-order valence-electron chi connectivity index (χ0n) is 32.4. The van der Waals surface area contributed by atoms with Crippen LogP contribution in [0.2, 0.25) is 0 Å². The van der Waals surface area contributed by atoms with Crippen molar-refractivity contribution < 1.29 is 34.7 Å². The summed E-state index contributed by atoms with van der Waals surface area (Å²) in [5.74, 6) is 0.940. The van der Waals surface area contributed by atoms with Crippen molar-refractivity contribution in [3.63, 3.8) is 0 Å². The summed E-state index contributed by atoms with van der Waals surface area (Å²) in [6.45, 7) is 26.1. The highest BCUT2D eigenvalue weighted by molar-refractivity contribution is 6.00. The lowest BCUT2D eigenvalue weighted by atomic mass is 9.33. The molecule has 5 aliphatic rings. The number of ketones is 1. The topological polar surface area (TPSA) is 118 Å². The van der Waals surface area contributed by atoms with E-state index in [1.54, 1.807) is 13.8 Å². The standard InChI is InChI=1S/C41H67NO6/c1-24(2)32-26(43)21-41(29(44)23-42)20-19-39(11)25(33(32)41)13-14-28-38(10)17-16-30(37(8,9)27(38)15-18-40(28,39)12)47-31(45)22-36(6,7)34(46)48-35(3,4)5/h24-25,27-30,44H,13-23,42H2,1-12H3/p+1. The molecule has 7 nitrogen and oxygen atoms in total. The van der Waals surface area contributed by atoms with Crippen LogP contribution in [0.4, 0.5) is 0 Å². The molecule has 5 aliphatic carbocycles. The highest BCUT2D eigenvalue weighted by Gasteiger charge is 2.71. The van der Waals surface area contributed by atoms with Crippen LogP contribution >= 0.6 is 0 Å². The maximum atomic E-state index is 13.7. The number of hydrogen-bond acceptors (Lipinski definition) is 6. The Hall–Kier alpha value is -1.73. The van der Waals surface area contributed by atoms with Crippen molar-refractivity contribution >= 4 is 17.7 Å². The van der Waals surface area contributed by atoms with Gasteiger partial charge in [0.2, 0.25) is 0 Å². The number of carbonyl (C=O) groups excluding carboxylic acids is 3. The minimum atomic E-state index is -0.964.